The molecule has 0 saturated heterocycles. The number of hydrogen-bond donors (Lipinski definition) is 0. The van der Waals surface area contributed by atoms with Crippen molar-refractivity contribution in [1.82, 2.24) is 0 Å². The number of carbonyl (C=O) groups is 2. The van der Waals surface area contributed by atoms with Crippen molar-refractivity contribution in [3.05, 3.63) is 48.6 Å². The molecular weight excluding hydrogens is 280 g/mol. The van der Waals surface area contributed by atoms with Gasteiger partial charge in [0.25, 0.3) is 0 Å². The van der Waals surface area contributed by atoms with E-state index >= 15 is 0 Å². The summed E-state index contributed by atoms with van der Waals surface area (Å²) >= 11 is 0. The molecule has 0 bridgehead atoms. The first-order valence-electron chi connectivity index (χ1n) is 7.43. The third-order valence-corrected chi connectivity index (χ3v) is 3.10. The fourth-order valence-corrected chi connectivity index (χ4v) is 2.17. The van der Waals surface area contributed by atoms with Crippen molar-refractivity contribution in [1.29, 1.82) is 0 Å². The van der Waals surface area contributed by atoms with Crippen molar-refractivity contribution in [2.24, 2.45) is 0 Å². The SMILES string of the molecule is C=CCC(C(=O)OC(C)C)(C(=O)OC(C)C)c1ccccc1. The van der Waals surface area contributed by atoms with Crippen LogP contribution in [0.4, 0.5) is 0 Å². The summed E-state index contributed by atoms with van der Waals surface area (Å²) in [6, 6.07) is 8.83. The monoisotopic (exact) mass is 304 g/mol. The summed E-state index contributed by atoms with van der Waals surface area (Å²) in [7, 11) is 0. The van der Waals surface area contributed by atoms with E-state index in [4.69, 9.17) is 9.47 Å². The average Bonchev–Trinajstić information content (AvgIpc) is 2.43. The molecule has 120 valence electrons. The second-order valence-corrected chi connectivity index (χ2v) is 5.67. The molecule has 4 nitrogen and oxygen atoms in total. The zero-order chi connectivity index (χ0) is 16.8. The van der Waals surface area contributed by atoms with Crippen molar-refractivity contribution in [2.45, 2.75) is 51.7 Å². The Morgan fingerprint density at radius 1 is 1.05 bits per heavy atom. The van der Waals surface area contributed by atoms with Crippen LogP contribution in [0.3, 0.4) is 0 Å². The first kappa shape index (κ1) is 18.0. The third kappa shape index (κ3) is 3.97. The number of esters is 2. The molecular formula is C18H24O4. The molecule has 0 saturated carbocycles. The van der Waals surface area contributed by atoms with Crippen LogP contribution >= 0.6 is 0 Å². The van der Waals surface area contributed by atoms with Gasteiger partial charge in [0, 0.05) is 0 Å². The van der Waals surface area contributed by atoms with Gasteiger partial charge < -0.3 is 9.47 Å². The molecule has 0 unspecified atom stereocenters. The standard InChI is InChI=1S/C18H24O4/c1-6-12-18(16(19)21-13(2)3,17(20)22-14(4)5)15-10-8-7-9-11-15/h6-11,13-14H,1,12H2,2-5H3. The van der Waals surface area contributed by atoms with Crippen LogP contribution in [-0.2, 0) is 24.5 Å². The number of rotatable bonds is 7. The fourth-order valence-electron chi connectivity index (χ4n) is 2.17. The van der Waals surface area contributed by atoms with Gasteiger partial charge in [-0.1, -0.05) is 36.4 Å². The minimum absolute atomic E-state index is 0.119. The molecule has 4 heteroatoms. The summed E-state index contributed by atoms with van der Waals surface area (Å²) in [4.78, 5) is 25.4. The largest absolute Gasteiger partial charge is 0.462 e. The van der Waals surface area contributed by atoms with Crippen LogP contribution in [0.1, 0.15) is 39.7 Å². The minimum atomic E-state index is -1.52. The van der Waals surface area contributed by atoms with Crippen LogP contribution in [0.2, 0.25) is 0 Å². The molecule has 0 aliphatic carbocycles. The predicted octanol–water partition coefficient (Wildman–Crippen LogP) is 3.40. The van der Waals surface area contributed by atoms with Gasteiger partial charge in [-0.2, -0.15) is 0 Å². The third-order valence-electron chi connectivity index (χ3n) is 3.10. The normalized spacial score (nSPS) is 11.4. The van der Waals surface area contributed by atoms with E-state index in [2.05, 4.69) is 6.58 Å². The number of allylic oxidation sites excluding steroid dienone is 1. The van der Waals surface area contributed by atoms with Gasteiger partial charge in [0.05, 0.1) is 12.2 Å². The van der Waals surface area contributed by atoms with Gasteiger partial charge >= 0.3 is 11.9 Å². The topological polar surface area (TPSA) is 52.6 Å². The molecule has 0 aliphatic heterocycles. The maximum Gasteiger partial charge on any atom is 0.328 e. The van der Waals surface area contributed by atoms with Crippen LogP contribution in [0.25, 0.3) is 0 Å². The van der Waals surface area contributed by atoms with Crippen molar-refractivity contribution in [2.75, 3.05) is 0 Å². The Balaban J connectivity index is 3.40. The van der Waals surface area contributed by atoms with Crippen molar-refractivity contribution < 1.29 is 19.1 Å². The zero-order valence-corrected chi connectivity index (χ0v) is 13.7. The van der Waals surface area contributed by atoms with Crippen molar-refractivity contribution in [3.8, 4) is 0 Å². The lowest BCUT2D eigenvalue weighted by molar-refractivity contribution is -0.169. The summed E-state index contributed by atoms with van der Waals surface area (Å²) in [5.74, 6) is -1.22. The Bertz CT molecular complexity index is 495. The van der Waals surface area contributed by atoms with Gasteiger partial charge in [0.2, 0.25) is 0 Å². The van der Waals surface area contributed by atoms with Gasteiger partial charge in [-0.15, -0.1) is 6.58 Å². The minimum Gasteiger partial charge on any atom is -0.462 e. The molecule has 0 N–H and O–H groups in total. The Kier molecular flexibility index (Phi) is 6.35. The molecule has 0 spiro atoms. The van der Waals surface area contributed by atoms with Crippen LogP contribution < -0.4 is 0 Å². The second-order valence-electron chi connectivity index (χ2n) is 5.67. The molecule has 1 aromatic carbocycles. The molecule has 0 radical (unpaired) electrons. The smallest absolute Gasteiger partial charge is 0.328 e. The lowest BCUT2D eigenvalue weighted by atomic mass is 9.77. The van der Waals surface area contributed by atoms with E-state index < -0.39 is 17.4 Å². The van der Waals surface area contributed by atoms with Gasteiger partial charge in [0.15, 0.2) is 5.41 Å². The van der Waals surface area contributed by atoms with E-state index in [1.54, 1.807) is 52.0 Å². The number of hydrogen-bond acceptors (Lipinski definition) is 4. The molecule has 22 heavy (non-hydrogen) atoms. The highest BCUT2D eigenvalue weighted by atomic mass is 16.6. The Labute approximate surface area is 132 Å². The summed E-state index contributed by atoms with van der Waals surface area (Å²) in [5, 5.41) is 0. The second kappa shape index (κ2) is 7.78. The van der Waals surface area contributed by atoms with Crippen LogP contribution in [-0.4, -0.2) is 24.1 Å². The number of ether oxygens (including phenoxy) is 2. The highest BCUT2D eigenvalue weighted by molar-refractivity contribution is 6.06. The summed E-state index contributed by atoms with van der Waals surface area (Å²) in [6.45, 7) is 10.7. The van der Waals surface area contributed by atoms with Crippen LogP contribution in [0, 0.1) is 0 Å². The van der Waals surface area contributed by atoms with Gasteiger partial charge in [-0.05, 0) is 39.7 Å². The number of carbonyl (C=O) groups excluding carboxylic acids is 2. The summed E-state index contributed by atoms with van der Waals surface area (Å²) in [6.07, 6.45) is 1.00. The first-order chi connectivity index (χ1) is 10.3. The average molecular weight is 304 g/mol. The molecule has 0 fully saturated rings. The molecule has 0 amide bonds. The summed E-state index contributed by atoms with van der Waals surface area (Å²) in [5.41, 5.74) is -0.969. The van der Waals surface area contributed by atoms with Gasteiger partial charge in [-0.3, -0.25) is 9.59 Å². The van der Waals surface area contributed by atoms with E-state index in [0.29, 0.717) is 5.56 Å². The van der Waals surface area contributed by atoms with Gasteiger partial charge in [0.1, 0.15) is 0 Å². The molecule has 0 aromatic heterocycles. The maximum absolute atomic E-state index is 12.7. The molecule has 1 aromatic rings. The lowest BCUT2D eigenvalue weighted by Gasteiger charge is -2.30. The van der Waals surface area contributed by atoms with Crippen LogP contribution in [0.5, 0.6) is 0 Å². The maximum atomic E-state index is 12.7. The lowest BCUT2D eigenvalue weighted by Crippen LogP contribution is -2.47. The van der Waals surface area contributed by atoms with Crippen molar-refractivity contribution >= 4 is 11.9 Å². The summed E-state index contributed by atoms with van der Waals surface area (Å²) < 4.78 is 10.7. The Hall–Kier alpha value is -2.10. The highest BCUT2D eigenvalue weighted by Gasteiger charge is 2.50. The van der Waals surface area contributed by atoms with Crippen molar-refractivity contribution in [3.63, 3.8) is 0 Å². The Morgan fingerprint density at radius 2 is 1.50 bits per heavy atom. The van der Waals surface area contributed by atoms with E-state index in [1.165, 1.54) is 6.08 Å². The number of benzene rings is 1. The zero-order valence-electron chi connectivity index (χ0n) is 13.7. The van der Waals surface area contributed by atoms with Gasteiger partial charge in [-0.25, -0.2) is 0 Å². The first-order valence-corrected chi connectivity index (χ1v) is 7.43. The Morgan fingerprint density at radius 3 is 1.86 bits per heavy atom. The van der Waals surface area contributed by atoms with E-state index in [1.807, 2.05) is 6.07 Å². The molecule has 0 atom stereocenters. The van der Waals surface area contributed by atoms with E-state index in [9.17, 15) is 9.59 Å². The molecule has 0 heterocycles. The fraction of sp³-hybridized carbons (Fsp3) is 0.444. The molecule has 0 aliphatic rings. The highest BCUT2D eigenvalue weighted by Crippen LogP contribution is 2.33. The molecule has 1 rings (SSSR count). The predicted molar refractivity (Wildman–Crippen MR) is 85.4 cm³/mol. The van der Waals surface area contributed by atoms with E-state index in [0.717, 1.165) is 0 Å². The van der Waals surface area contributed by atoms with E-state index in [-0.39, 0.29) is 18.6 Å². The quantitative estimate of drug-likeness (QED) is 0.440. The van der Waals surface area contributed by atoms with Crippen LogP contribution in [0.15, 0.2) is 43.0 Å².